The molecule has 0 radical (unpaired) electrons. The molecule has 10 heteroatoms. The second kappa shape index (κ2) is 14.7. The lowest BCUT2D eigenvalue weighted by atomic mass is 10.0. The molecule has 3 rings (SSSR count). The van der Waals surface area contributed by atoms with Gasteiger partial charge in [-0.15, -0.1) is 13.2 Å². The van der Waals surface area contributed by atoms with Crippen LogP contribution in [0, 0.1) is 0 Å². The molecule has 0 saturated heterocycles. The van der Waals surface area contributed by atoms with Gasteiger partial charge in [0.05, 0.1) is 25.0 Å². The third-order valence-corrected chi connectivity index (χ3v) is 6.09. The van der Waals surface area contributed by atoms with Crippen LogP contribution in [0.1, 0.15) is 39.2 Å². The number of rotatable bonds is 12. The van der Waals surface area contributed by atoms with Gasteiger partial charge in [-0.2, -0.15) is 0 Å². The average Bonchev–Trinajstić information content (AvgIpc) is 2.94. The van der Waals surface area contributed by atoms with Crippen molar-refractivity contribution in [3.05, 3.63) is 78.4 Å². The fraction of sp³-hybridized carbons (Fsp3) is 0.375. The third-order valence-electron chi connectivity index (χ3n) is 6.09. The topological polar surface area (TPSA) is 74.3 Å². The standard InChI is InChI=1S/C32H36F3NO6/c1-31(2,3)41-21-20-40-28-18-15-25(24-13-16-26(17-14-24)42-32(33,34)35)22-27(28)36(29(37)30(38)39-4)19-9-8-12-23-10-6-5-7-11-23/h5-7,10-11,13-18,22H,8-9,12,19-21H2,1-4H3. The van der Waals surface area contributed by atoms with E-state index in [9.17, 15) is 22.8 Å². The lowest BCUT2D eigenvalue weighted by Gasteiger charge is -2.25. The monoisotopic (exact) mass is 587 g/mol. The number of amides is 1. The Morgan fingerprint density at radius 3 is 2.12 bits per heavy atom. The Labute approximate surface area is 244 Å². The number of benzene rings is 3. The zero-order valence-electron chi connectivity index (χ0n) is 24.2. The number of hydrogen-bond donors (Lipinski definition) is 0. The minimum Gasteiger partial charge on any atom is -0.489 e. The molecule has 1 amide bonds. The smallest absolute Gasteiger partial charge is 0.489 e. The van der Waals surface area contributed by atoms with Crippen molar-refractivity contribution in [1.82, 2.24) is 0 Å². The molecule has 0 fully saturated rings. The van der Waals surface area contributed by atoms with Crippen molar-refractivity contribution in [3.8, 4) is 22.6 Å². The van der Waals surface area contributed by atoms with E-state index in [0.29, 0.717) is 29.0 Å². The zero-order valence-corrected chi connectivity index (χ0v) is 24.2. The summed E-state index contributed by atoms with van der Waals surface area (Å²) in [7, 11) is 1.13. The zero-order chi connectivity index (χ0) is 30.8. The summed E-state index contributed by atoms with van der Waals surface area (Å²) in [5.74, 6) is -1.90. The summed E-state index contributed by atoms with van der Waals surface area (Å²) in [6.45, 7) is 6.44. The van der Waals surface area contributed by atoms with E-state index in [1.807, 2.05) is 51.1 Å². The first-order valence-electron chi connectivity index (χ1n) is 13.6. The highest BCUT2D eigenvalue weighted by Gasteiger charge is 2.31. The Morgan fingerprint density at radius 1 is 0.833 bits per heavy atom. The quantitative estimate of drug-likeness (QED) is 0.129. The van der Waals surface area contributed by atoms with E-state index in [-0.39, 0.29) is 31.1 Å². The Kier molecular flexibility index (Phi) is 11.4. The van der Waals surface area contributed by atoms with Crippen molar-refractivity contribution in [2.45, 2.75) is 52.0 Å². The summed E-state index contributed by atoms with van der Waals surface area (Å²) in [6, 6.07) is 20.3. The number of esters is 1. The summed E-state index contributed by atoms with van der Waals surface area (Å²) in [5.41, 5.74) is 2.28. The van der Waals surface area contributed by atoms with Crippen LogP contribution in [0.3, 0.4) is 0 Å². The number of hydrogen-bond acceptors (Lipinski definition) is 6. The molecule has 3 aromatic rings. The van der Waals surface area contributed by atoms with Gasteiger partial charge in [0.2, 0.25) is 0 Å². The number of halogens is 3. The summed E-state index contributed by atoms with van der Waals surface area (Å²) in [6.07, 6.45) is -2.68. The highest BCUT2D eigenvalue weighted by Crippen LogP contribution is 2.35. The fourth-order valence-corrected chi connectivity index (χ4v) is 4.15. The molecule has 0 unspecified atom stereocenters. The van der Waals surface area contributed by atoms with Crippen molar-refractivity contribution < 1.29 is 41.7 Å². The normalized spacial score (nSPS) is 11.6. The number of anilines is 1. The van der Waals surface area contributed by atoms with E-state index in [2.05, 4.69) is 4.74 Å². The van der Waals surface area contributed by atoms with Gasteiger partial charge in [0.15, 0.2) is 0 Å². The predicted molar refractivity (Wildman–Crippen MR) is 154 cm³/mol. The second-order valence-corrected chi connectivity index (χ2v) is 10.5. The van der Waals surface area contributed by atoms with Crippen LogP contribution in [0.2, 0.25) is 0 Å². The van der Waals surface area contributed by atoms with E-state index >= 15 is 0 Å². The SMILES string of the molecule is COC(=O)C(=O)N(CCCCc1ccccc1)c1cc(-c2ccc(OC(F)(F)F)cc2)ccc1OCCOC(C)(C)C. The summed E-state index contributed by atoms with van der Waals surface area (Å²) < 4.78 is 58.3. The molecule has 0 heterocycles. The number of nitrogens with zero attached hydrogens (tertiary/aromatic N) is 1. The lowest BCUT2D eigenvalue weighted by molar-refractivity contribution is -0.274. The van der Waals surface area contributed by atoms with E-state index in [1.54, 1.807) is 18.2 Å². The van der Waals surface area contributed by atoms with Gasteiger partial charge in [0.25, 0.3) is 0 Å². The maximum atomic E-state index is 13.2. The minimum absolute atomic E-state index is 0.182. The van der Waals surface area contributed by atoms with Gasteiger partial charge in [-0.1, -0.05) is 48.5 Å². The predicted octanol–water partition coefficient (Wildman–Crippen LogP) is 6.98. The molecule has 42 heavy (non-hydrogen) atoms. The van der Waals surface area contributed by atoms with Crippen LogP contribution in [-0.2, 0) is 25.5 Å². The van der Waals surface area contributed by atoms with Crippen LogP contribution in [-0.4, -0.2) is 50.7 Å². The summed E-state index contributed by atoms with van der Waals surface area (Å²) in [5, 5.41) is 0. The Bertz CT molecular complexity index is 1300. The second-order valence-electron chi connectivity index (χ2n) is 10.5. The molecular weight excluding hydrogens is 551 g/mol. The van der Waals surface area contributed by atoms with Gasteiger partial charge in [-0.3, -0.25) is 9.69 Å². The van der Waals surface area contributed by atoms with Crippen molar-refractivity contribution in [3.63, 3.8) is 0 Å². The van der Waals surface area contributed by atoms with Crippen molar-refractivity contribution >= 4 is 17.6 Å². The number of unbranched alkanes of at least 4 members (excludes halogenated alkanes) is 1. The fourth-order valence-electron chi connectivity index (χ4n) is 4.15. The summed E-state index contributed by atoms with van der Waals surface area (Å²) in [4.78, 5) is 26.9. The highest BCUT2D eigenvalue weighted by atomic mass is 19.4. The van der Waals surface area contributed by atoms with Gasteiger partial charge in [-0.25, -0.2) is 4.79 Å². The van der Waals surface area contributed by atoms with Gasteiger partial charge in [0.1, 0.15) is 18.1 Å². The first-order valence-corrected chi connectivity index (χ1v) is 13.6. The third kappa shape index (κ3) is 10.4. The molecule has 0 saturated carbocycles. The summed E-state index contributed by atoms with van der Waals surface area (Å²) >= 11 is 0. The molecule has 0 N–H and O–H groups in total. The molecule has 0 aliphatic rings. The number of carbonyl (C=O) groups excluding carboxylic acids is 2. The Hall–Kier alpha value is -4.05. The molecule has 226 valence electrons. The number of methoxy groups -OCH3 is 1. The van der Waals surface area contributed by atoms with Crippen LogP contribution in [0.5, 0.6) is 11.5 Å². The van der Waals surface area contributed by atoms with Gasteiger partial charge < -0.3 is 18.9 Å². The first-order chi connectivity index (χ1) is 19.9. The average molecular weight is 588 g/mol. The van der Waals surface area contributed by atoms with Crippen LogP contribution in [0.15, 0.2) is 72.8 Å². The number of ether oxygens (including phenoxy) is 4. The van der Waals surface area contributed by atoms with Crippen molar-refractivity contribution in [1.29, 1.82) is 0 Å². The number of aryl methyl sites for hydroxylation is 1. The Balaban J connectivity index is 1.91. The molecular formula is C32H36F3NO6. The van der Waals surface area contributed by atoms with Crippen LogP contribution >= 0.6 is 0 Å². The van der Waals surface area contributed by atoms with Gasteiger partial charge in [-0.05, 0) is 81.0 Å². The maximum Gasteiger partial charge on any atom is 0.573 e. The molecule has 0 spiro atoms. The highest BCUT2D eigenvalue weighted by molar-refractivity contribution is 6.38. The van der Waals surface area contributed by atoms with Crippen molar-refractivity contribution in [2.24, 2.45) is 0 Å². The first kappa shape index (κ1) is 32.5. The number of carbonyl (C=O) groups is 2. The van der Waals surface area contributed by atoms with E-state index in [0.717, 1.165) is 25.5 Å². The number of alkyl halides is 3. The maximum absolute atomic E-state index is 13.2. The van der Waals surface area contributed by atoms with Gasteiger partial charge in [0, 0.05) is 6.54 Å². The van der Waals surface area contributed by atoms with Crippen LogP contribution in [0.4, 0.5) is 18.9 Å². The molecule has 7 nitrogen and oxygen atoms in total. The van der Waals surface area contributed by atoms with E-state index in [1.165, 1.54) is 29.2 Å². The van der Waals surface area contributed by atoms with Crippen molar-refractivity contribution in [2.75, 3.05) is 31.8 Å². The molecule has 0 aromatic heterocycles. The van der Waals surface area contributed by atoms with E-state index < -0.39 is 18.2 Å². The largest absolute Gasteiger partial charge is 0.573 e. The molecule has 0 aliphatic heterocycles. The molecule has 3 aromatic carbocycles. The molecule has 0 aliphatic carbocycles. The molecule has 0 atom stereocenters. The minimum atomic E-state index is -4.81. The van der Waals surface area contributed by atoms with Crippen LogP contribution < -0.4 is 14.4 Å². The van der Waals surface area contributed by atoms with Crippen LogP contribution in [0.25, 0.3) is 11.1 Å². The molecule has 0 bridgehead atoms. The van der Waals surface area contributed by atoms with Gasteiger partial charge >= 0.3 is 18.2 Å². The lowest BCUT2D eigenvalue weighted by Crippen LogP contribution is -2.38. The van der Waals surface area contributed by atoms with E-state index in [4.69, 9.17) is 14.2 Å². The Morgan fingerprint density at radius 2 is 1.50 bits per heavy atom.